The van der Waals surface area contributed by atoms with Gasteiger partial charge in [0, 0.05) is 0 Å². The van der Waals surface area contributed by atoms with Crippen LogP contribution in [0.5, 0.6) is 0 Å². The lowest BCUT2D eigenvalue weighted by Crippen LogP contribution is -2.05. The number of nitrogens with zero attached hydrogens (tertiary/aromatic N) is 2. The van der Waals surface area contributed by atoms with Crippen molar-refractivity contribution in [2.75, 3.05) is 5.75 Å². The lowest BCUT2D eigenvalue weighted by atomic mass is 10.2. The molecule has 0 aliphatic carbocycles. The van der Waals surface area contributed by atoms with Gasteiger partial charge in [-0.15, -0.1) is 23.9 Å². The van der Waals surface area contributed by atoms with E-state index in [-0.39, 0.29) is 12.4 Å². The highest BCUT2D eigenvalue weighted by atomic mass is 35.5. The fourth-order valence-corrected chi connectivity index (χ4v) is 1.17. The average molecular weight is 254 g/mol. The number of terminal acetylenes is 1. The number of amidine groups is 1. The number of thioether (sulfide) groups is 1. The number of nitrogens with two attached hydrogens (primary N) is 1. The Hall–Kier alpha value is -1.44. The molecule has 2 N–H and O–H groups in total. The second-order valence-corrected chi connectivity index (χ2v) is 3.58. The summed E-state index contributed by atoms with van der Waals surface area (Å²) in [5.41, 5.74) is 6.51. The molecule has 0 amide bonds. The molecule has 0 unspecified atom stereocenters. The Labute approximate surface area is 106 Å². The van der Waals surface area contributed by atoms with Gasteiger partial charge in [0.15, 0.2) is 5.17 Å². The summed E-state index contributed by atoms with van der Waals surface area (Å²) in [5.74, 6) is 2.97. The van der Waals surface area contributed by atoms with Gasteiger partial charge in [-0.25, -0.2) is 0 Å². The van der Waals surface area contributed by atoms with E-state index < -0.39 is 0 Å². The van der Waals surface area contributed by atoms with Crippen LogP contribution in [0, 0.1) is 12.3 Å². The van der Waals surface area contributed by atoms with E-state index in [2.05, 4.69) is 16.1 Å². The van der Waals surface area contributed by atoms with Gasteiger partial charge in [0.1, 0.15) is 0 Å². The van der Waals surface area contributed by atoms with E-state index in [1.807, 2.05) is 30.3 Å². The van der Waals surface area contributed by atoms with E-state index in [4.69, 9.17) is 12.2 Å². The number of hydrogen-bond acceptors (Lipinski definition) is 3. The third kappa shape index (κ3) is 6.12. The summed E-state index contributed by atoms with van der Waals surface area (Å²) in [6, 6.07) is 9.67. The summed E-state index contributed by atoms with van der Waals surface area (Å²) in [5, 5.41) is 8.01. The van der Waals surface area contributed by atoms with Crippen molar-refractivity contribution in [3.63, 3.8) is 0 Å². The number of benzene rings is 1. The molecule has 0 heterocycles. The van der Waals surface area contributed by atoms with Crippen molar-refractivity contribution in [2.45, 2.75) is 0 Å². The van der Waals surface area contributed by atoms with Gasteiger partial charge in [-0.05, 0) is 5.56 Å². The second kappa shape index (κ2) is 8.84. The maximum atomic E-state index is 5.53. The van der Waals surface area contributed by atoms with Gasteiger partial charge in [0.25, 0.3) is 0 Å². The van der Waals surface area contributed by atoms with Gasteiger partial charge >= 0.3 is 0 Å². The van der Waals surface area contributed by atoms with Crippen LogP contribution in [0.15, 0.2) is 40.5 Å². The summed E-state index contributed by atoms with van der Waals surface area (Å²) < 4.78 is 0. The first kappa shape index (κ1) is 14.6. The zero-order valence-electron chi connectivity index (χ0n) is 8.54. The summed E-state index contributed by atoms with van der Waals surface area (Å²) in [6.07, 6.45) is 6.72. The molecule has 5 heteroatoms. The third-order valence-electron chi connectivity index (χ3n) is 1.47. The monoisotopic (exact) mass is 253 g/mol. The molecule has 1 aromatic rings. The summed E-state index contributed by atoms with van der Waals surface area (Å²) >= 11 is 1.29. The molecule has 0 saturated heterocycles. The molecule has 1 rings (SSSR count). The molecule has 3 nitrogen and oxygen atoms in total. The lowest BCUT2D eigenvalue weighted by Gasteiger charge is -1.91. The third-order valence-corrected chi connectivity index (χ3v) is 2.15. The lowest BCUT2D eigenvalue weighted by molar-refractivity contribution is 1.25. The molecule has 0 fully saturated rings. The molecular weight excluding hydrogens is 242 g/mol. The molecule has 0 spiro atoms. The van der Waals surface area contributed by atoms with E-state index in [1.54, 1.807) is 6.21 Å². The zero-order valence-corrected chi connectivity index (χ0v) is 10.2. The van der Waals surface area contributed by atoms with Gasteiger partial charge in [-0.2, -0.15) is 5.10 Å². The van der Waals surface area contributed by atoms with Crippen molar-refractivity contribution in [3.05, 3.63) is 35.9 Å². The van der Waals surface area contributed by atoms with Crippen molar-refractivity contribution in [2.24, 2.45) is 15.9 Å². The average Bonchev–Trinajstić information content (AvgIpc) is 2.28. The number of halogens is 1. The normalized spacial score (nSPS) is 10.8. The molecule has 0 aliphatic rings. The highest BCUT2D eigenvalue weighted by Gasteiger charge is 1.89. The quantitative estimate of drug-likeness (QED) is 0.388. The maximum Gasteiger partial charge on any atom is 0.181 e. The van der Waals surface area contributed by atoms with E-state index in [9.17, 15) is 0 Å². The van der Waals surface area contributed by atoms with Crippen LogP contribution >= 0.6 is 24.2 Å². The Kier molecular flexibility index (Phi) is 8.04. The Balaban J connectivity index is 0.00000225. The molecule has 0 atom stereocenters. The van der Waals surface area contributed by atoms with Gasteiger partial charge in [0.2, 0.25) is 0 Å². The van der Waals surface area contributed by atoms with Crippen LogP contribution in [0.1, 0.15) is 5.56 Å². The minimum Gasteiger partial charge on any atom is -0.377 e. The minimum atomic E-state index is 0. The smallest absolute Gasteiger partial charge is 0.181 e. The predicted molar refractivity (Wildman–Crippen MR) is 74.2 cm³/mol. The van der Waals surface area contributed by atoms with Crippen molar-refractivity contribution in [1.82, 2.24) is 0 Å². The minimum absolute atomic E-state index is 0. The van der Waals surface area contributed by atoms with Gasteiger partial charge in [-0.1, -0.05) is 48.0 Å². The summed E-state index contributed by atoms with van der Waals surface area (Å²) in [6.45, 7) is 0. The first-order valence-electron chi connectivity index (χ1n) is 4.30. The van der Waals surface area contributed by atoms with Crippen molar-refractivity contribution in [1.29, 1.82) is 0 Å². The van der Waals surface area contributed by atoms with Crippen molar-refractivity contribution >= 4 is 35.6 Å². The Morgan fingerprint density at radius 2 is 2.12 bits per heavy atom. The fourth-order valence-electron chi connectivity index (χ4n) is 0.836. The Morgan fingerprint density at radius 3 is 2.75 bits per heavy atom. The Bertz CT molecular complexity index is 395. The summed E-state index contributed by atoms with van der Waals surface area (Å²) in [4.78, 5) is 0. The van der Waals surface area contributed by atoms with E-state index in [1.165, 1.54) is 11.8 Å². The van der Waals surface area contributed by atoms with Gasteiger partial charge in [-0.3, -0.25) is 0 Å². The molecule has 16 heavy (non-hydrogen) atoms. The van der Waals surface area contributed by atoms with Gasteiger partial charge in [0.05, 0.1) is 12.0 Å². The van der Waals surface area contributed by atoms with Crippen LogP contribution in [-0.2, 0) is 0 Å². The summed E-state index contributed by atoms with van der Waals surface area (Å²) in [7, 11) is 0. The van der Waals surface area contributed by atoms with Crippen LogP contribution in [0.2, 0.25) is 0 Å². The van der Waals surface area contributed by atoms with Gasteiger partial charge < -0.3 is 5.73 Å². The molecule has 0 bridgehead atoms. The fraction of sp³-hybridized carbons (Fsp3) is 0.0909. The molecule has 0 saturated carbocycles. The first-order chi connectivity index (χ1) is 7.33. The molecule has 0 radical (unpaired) electrons. The maximum absolute atomic E-state index is 5.53. The number of rotatable bonds is 3. The highest BCUT2D eigenvalue weighted by Crippen LogP contribution is 1.98. The zero-order chi connectivity index (χ0) is 10.9. The molecular formula is C11H12ClN3S. The van der Waals surface area contributed by atoms with Crippen LogP contribution in [0.3, 0.4) is 0 Å². The SMILES string of the molecule is C#CCS/C(N)=N\N=C\c1ccccc1.Cl. The van der Waals surface area contributed by atoms with Crippen molar-refractivity contribution < 1.29 is 0 Å². The van der Waals surface area contributed by atoms with E-state index >= 15 is 0 Å². The molecule has 84 valence electrons. The van der Waals surface area contributed by atoms with Crippen LogP contribution in [-0.4, -0.2) is 17.1 Å². The van der Waals surface area contributed by atoms with E-state index in [0.717, 1.165) is 5.56 Å². The molecule has 0 aromatic heterocycles. The van der Waals surface area contributed by atoms with Crippen LogP contribution in [0.25, 0.3) is 0 Å². The van der Waals surface area contributed by atoms with E-state index in [0.29, 0.717) is 10.9 Å². The Morgan fingerprint density at radius 1 is 1.44 bits per heavy atom. The largest absolute Gasteiger partial charge is 0.377 e. The molecule has 0 aliphatic heterocycles. The van der Waals surface area contributed by atoms with Crippen LogP contribution in [0.4, 0.5) is 0 Å². The van der Waals surface area contributed by atoms with Crippen molar-refractivity contribution in [3.8, 4) is 12.3 Å². The predicted octanol–water partition coefficient (Wildman–Crippen LogP) is 2.12. The second-order valence-electron chi connectivity index (χ2n) is 2.59. The standard InChI is InChI=1S/C11H11N3S.ClH/c1-2-8-15-11(12)14-13-9-10-6-4-3-5-7-10;/h1,3-7,9H,8H2,(H2,12,14);1H/b13-9+;. The van der Waals surface area contributed by atoms with Crippen LogP contribution < -0.4 is 5.73 Å². The first-order valence-corrected chi connectivity index (χ1v) is 5.29. The topological polar surface area (TPSA) is 50.7 Å². The molecule has 1 aromatic carbocycles. The number of hydrogen-bond donors (Lipinski definition) is 1. The highest BCUT2D eigenvalue weighted by molar-refractivity contribution is 8.13.